The Morgan fingerprint density at radius 2 is 1.94 bits per heavy atom. The van der Waals surface area contributed by atoms with Crippen molar-refractivity contribution in [2.75, 3.05) is 5.32 Å². The Balaban J connectivity index is 2.22. The number of anilines is 1. The Kier molecular flexibility index (Phi) is 4.35. The molecule has 0 aliphatic carbocycles. The van der Waals surface area contributed by atoms with Crippen LogP contribution in [0.1, 0.15) is 11.4 Å². The Bertz CT molecular complexity index is 561. The molecule has 3 nitrogen and oxygen atoms in total. The predicted molar refractivity (Wildman–Crippen MR) is 82.1 cm³/mol. The SMILES string of the molecule is Cc1nn(C)c(CNc2c(Br)cccc2Br)c1Cl. The lowest BCUT2D eigenvalue weighted by Gasteiger charge is -2.11. The van der Waals surface area contributed by atoms with Crippen LogP contribution in [0.5, 0.6) is 0 Å². The van der Waals surface area contributed by atoms with E-state index in [1.54, 1.807) is 4.68 Å². The van der Waals surface area contributed by atoms with E-state index in [9.17, 15) is 0 Å². The van der Waals surface area contributed by atoms with Gasteiger partial charge in [0.2, 0.25) is 0 Å². The van der Waals surface area contributed by atoms with Crippen LogP contribution in [0.15, 0.2) is 27.1 Å². The highest BCUT2D eigenvalue weighted by Crippen LogP contribution is 2.31. The Labute approximate surface area is 128 Å². The summed E-state index contributed by atoms with van der Waals surface area (Å²) in [6, 6.07) is 5.95. The first-order chi connectivity index (χ1) is 8.50. The van der Waals surface area contributed by atoms with Crippen molar-refractivity contribution in [1.29, 1.82) is 0 Å². The van der Waals surface area contributed by atoms with Crippen molar-refractivity contribution in [1.82, 2.24) is 9.78 Å². The molecule has 0 bridgehead atoms. The van der Waals surface area contributed by atoms with Crippen molar-refractivity contribution in [3.8, 4) is 0 Å². The van der Waals surface area contributed by atoms with E-state index in [1.165, 1.54) is 0 Å². The zero-order chi connectivity index (χ0) is 13.3. The maximum absolute atomic E-state index is 6.21. The van der Waals surface area contributed by atoms with Gasteiger partial charge in [-0.1, -0.05) is 17.7 Å². The third kappa shape index (κ3) is 2.73. The van der Waals surface area contributed by atoms with Gasteiger partial charge in [0.05, 0.1) is 28.6 Å². The first-order valence-electron chi connectivity index (χ1n) is 5.36. The lowest BCUT2D eigenvalue weighted by atomic mass is 10.3. The van der Waals surface area contributed by atoms with Gasteiger partial charge in [-0.05, 0) is 50.9 Å². The van der Waals surface area contributed by atoms with Gasteiger partial charge >= 0.3 is 0 Å². The van der Waals surface area contributed by atoms with Gasteiger partial charge in [-0.2, -0.15) is 5.10 Å². The van der Waals surface area contributed by atoms with Crippen LogP contribution < -0.4 is 5.32 Å². The molecular formula is C12H12Br2ClN3. The highest BCUT2D eigenvalue weighted by molar-refractivity contribution is 9.11. The molecule has 2 aromatic rings. The second-order valence-corrected chi connectivity index (χ2v) is 6.01. The summed E-state index contributed by atoms with van der Waals surface area (Å²) in [4.78, 5) is 0. The van der Waals surface area contributed by atoms with Gasteiger partial charge in [0.15, 0.2) is 0 Å². The van der Waals surface area contributed by atoms with Crippen molar-refractivity contribution >= 4 is 49.1 Å². The molecule has 1 heterocycles. The van der Waals surface area contributed by atoms with E-state index in [4.69, 9.17) is 11.6 Å². The fourth-order valence-electron chi connectivity index (χ4n) is 1.71. The highest BCUT2D eigenvalue weighted by Gasteiger charge is 2.12. The van der Waals surface area contributed by atoms with Gasteiger partial charge < -0.3 is 5.32 Å². The molecule has 2 rings (SSSR count). The standard InChI is InChI=1S/C12H12Br2ClN3/c1-7-11(15)10(18(2)17-7)6-16-12-8(13)4-3-5-9(12)14/h3-5,16H,6H2,1-2H3. The third-order valence-corrected chi connectivity index (χ3v) is 4.47. The number of aryl methyl sites for hydroxylation is 2. The zero-order valence-electron chi connectivity index (χ0n) is 9.97. The normalized spacial score (nSPS) is 10.7. The quantitative estimate of drug-likeness (QED) is 0.831. The molecule has 18 heavy (non-hydrogen) atoms. The number of halogens is 3. The van der Waals surface area contributed by atoms with E-state index in [-0.39, 0.29) is 0 Å². The monoisotopic (exact) mass is 391 g/mol. The number of hydrogen-bond donors (Lipinski definition) is 1. The van der Waals surface area contributed by atoms with Gasteiger partial charge in [-0.15, -0.1) is 0 Å². The van der Waals surface area contributed by atoms with Crippen LogP contribution in [-0.2, 0) is 13.6 Å². The van der Waals surface area contributed by atoms with Crippen molar-refractivity contribution in [3.63, 3.8) is 0 Å². The van der Waals surface area contributed by atoms with Crippen LogP contribution in [0.25, 0.3) is 0 Å². The van der Waals surface area contributed by atoms with Gasteiger partial charge in [0.25, 0.3) is 0 Å². The van der Waals surface area contributed by atoms with Gasteiger partial charge in [-0.25, -0.2) is 0 Å². The van der Waals surface area contributed by atoms with Gasteiger partial charge in [0.1, 0.15) is 0 Å². The van der Waals surface area contributed by atoms with Crippen LogP contribution in [0.3, 0.4) is 0 Å². The van der Waals surface area contributed by atoms with Crippen molar-refractivity contribution in [2.45, 2.75) is 13.5 Å². The molecule has 6 heteroatoms. The molecule has 0 unspecified atom stereocenters. The molecule has 1 N–H and O–H groups in total. The smallest absolute Gasteiger partial charge is 0.0865 e. The van der Waals surface area contributed by atoms with Crippen LogP contribution in [0, 0.1) is 6.92 Å². The molecule has 1 aromatic heterocycles. The minimum atomic E-state index is 0.622. The molecule has 0 amide bonds. The molecule has 0 fully saturated rings. The summed E-state index contributed by atoms with van der Waals surface area (Å²) in [7, 11) is 1.89. The Morgan fingerprint density at radius 3 is 2.44 bits per heavy atom. The fraction of sp³-hybridized carbons (Fsp3) is 0.250. The summed E-state index contributed by atoms with van der Waals surface area (Å²) in [6.07, 6.45) is 0. The minimum Gasteiger partial charge on any atom is -0.378 e. The van der Waals surface area contributed by atoms with Crippen molar-refractivity contribution in [3.05, 3.63) is 43.6 Å². The fourth-order valence-corrected chi connectivity index (χ4v) is 3.22. The molecule has 96 valence electrons. The summed E-state index contributed by atoms with van der Waals surface area (Å²) >= 11 is 13.2. The van der Waals surface area contributed by atoms with E-state index < -0.39 is 0 Å². The molecule has 0 saturated carbocycles. The number of nitrogens with zero attached hydrogens (tertiary/aromatic N) is 2. The van der Waals surface area contributed by atoms with E-state index in [1.807, 2.05) is 32.2 Å². The van der Waals surface area contributed by atoms with E-state index in [0.717, 1.165) is 26.0 Å². The lowest BCUT2D eigenvalue weighted by molar-refractivity contribution is 0.713. The summed E-state index contributed by atoms with van der Waals surface area (Å²) in [6.45, 7) is 2.53. The second kappa shape index (κ2) is 5.63. The topological polar surface area (TPSA) is 29.9 Å². The number of aromatic nitrogens is 2. The maximum Gasteiger partial charge on any atom is 0.0865 e. The number of nitrogens with one attached hydrogen (secondary N) is 1. The maximum atomic E-state index is 6.21. The first kappa shape index (κ1) is 13.9. The summed E-state index contributed by atoms with van der Waals surface area (Å²) < 4.78 is 3.81. The second-order valence-electron chi connectivity index (χ2n) is 3.92. The van der Waals surface area contributed by atoms with Crippen LogP contribution in [0.4, 0.5) is 5.69 Å². The van der Waals surface area contributed by atoms with Crippen molar-refractivity contribution < 1.29 is 0 Å². The summed E-state index contributed by atoms with van der Waals surface area (Å²) in [5, 5.41) is 8.36. The van der Waals surface area contributed by atoms with Crippen LogP contribution in [-0.4, -0.2) is 9.78 Å². The molecule has 1 aromatic carbocycles. The van der Waals surface area contributed by atoms with Crippen LogP contribution >= 0.6 is 43.5 Å². The predicted octanol–water partition coefficient (Wildman–Crippen LogP) is 4.52. The van der Waals surface area contributed by atoms with Crippen LogP contribution in [0.2, 0.25) is 5.02 Å². The first-order valence-corrected chi connectivity index (χ1v) is 7.33. The molecule has 0 saturated heterocycles. The summed E-state index contributed by atoms with van der Waals surface area (Å²) in [5.74, 6) is 0. The van der Waals surface area contributed by atoms with Crippen molar-refractivity contribution in [2.24, 2.45) is 7.05 Å². The van der Waals surface area contributed by atoms with Gasteiger partial charge in [0, 0.05) is 16.0 Å². The number of hydrogen-bond acceptors (Lipinski definition) is 2. The highest BCUT2D eigenvalue weighted by atomic mass is 79.9. The molecule has 0 aliphatic rings. The molecule has 0 aliphatic heterocycles. The van der Waals surface area contributed by atoms with E-state index >= 15 is 0 Å². The minimum absolute atomic E-state index is 0.622. The number of benzene rings is 1. The molecule has 0 spiro atoms. The molecule has 0 radical (unpaired) electrons. The van der Waals surface area contributed by atoms with E-state index in [2.05, 4.69) is 42.3 Å². The molecule has 0 atom stereocenters. The number of rotatable bonds is 3. The Morgan fingerprint density at radius 1 is 1.33 bits per heavy atom. The van der Waals surface area contributed by atoms with Gasteiger partial charge in [-0.3, -0.25) is 4.68 Å². The largest absolute Gasteiger partial charge is 0.378 e. The summed E-state index contributed by atoms with van der Waals surface area (Å²) in [5.41, 5.74) is 2.83. The number of para-hydroxylation sites is 1. The lowest BCUT2D eigenvalue weighted by Crippen LogP contribution is -2.06. The average Bonchev–Trinajstić information content (AvgIpc) is 2.54. The third-order valence-electron chi connectivity index (χ3n) is 2.66. The Hall–Kier alpha value is -0.520. The average molecular weight is 394 g/mol. The van der Waals surface area contributed by atoms with E-state index in [0.29, 0.717) is 11.6 Å². The molecular weight excluding hydrogens is 381 g/mol. The zero-order valence-corrected chi connectivity index (χ0v) is 13.9.